The first kappa shape index (κ1) is 18.3. The molecule has 2 atom stereocenters. The highest BCUT2D eigenvalue weighted by molar-refractivity contribution is 6.07. The van der Waals surface area contributed by atoms with Crippen LogP contribution in [0.25, 0.3) is 0 Å². The van der Waals surface area contributed by atoms with Gasteiger partial charge in [0, 0.05) is 17.4 Å². The molecule has 146 valence electrons. The molecule has 1 aliphatic heterocycles. The van der Waals surface area contributed by atoms with Crippen LogP contribution < -0.4 is 4.74 Å². The van der Waals surface area contributed by atoms with Crippen LogP contribution in [0.4, 0.5) is 0 Å². The van der Waals surface area contributed by atoms with Crippen molar-refractivity contribution < 1.29 is 14.6 Å². The number of ether oxygens (including phenoxy) is 1. The third-order valence-electron chi connectivity index (χ3n) is 6.52. The Morgan fingerprint density at radius 2 is 1.67 bits per heavy atom. The van der Waals surface area contributed by atoms with Gasteiger partial charge in [-0.2, -0.15) is 5.10 Å². The van der Waals surface area contributed by atoms with E-state index in [1.165, 1.54) is 25.7 Å². The number of benzene rings is 1. The summed E-state index contributed by atoms with van der Waals surface area (Å²) in [6, 6.07) is 5.72. The Balaban J connectivity index is 1.72. The minimum atomic E-state index is 0.0405. The molecule has 5 heteroatoms. The fourth-order valence-electron chi connectivity index (χ4n) is 5.05. The second-order valence-electron chi connectivity index (χ2n) is 8.20. The summed E-state index contributed by atoms with van der Waals surface area (Å²) < 4.78 is 5.19. The van der Waals surface area contributed by atoms with E-state index in [2.05, 4.69) is 0 Å². The lowest BCUT2D eigenvalue weighted by Crippen LogP contribution is -2.49. The lowest BCUT2D eigenvalue weighted by Gasteiger charge is -2.41. The van der Waals surface area contributed by atoms with Crippen LogP contribution >= 0.6 is 0 Å². The molecule has 0 bridgehead atoms. The Morgan fingerprint density at radius 3 is 2.33 bits per heavy atom. The number of methoxy groups -OCH3 is 1. The zero-order valence-corrected chi connectivity index (χ0v) is 16.2. The topological polar surface area (TPSA) is 62.1 Å². The number of carbonyl (C=O) groups excluding carboxylic acids is 1. The molecule has 0 saturated heterocycles. The van der Waals surface area contributed by atoms with Crippen LogP contribution in [0.5, 0.6) is 11.5 Å². The van der Waals surface area contributed by atoms with Crippen LogP contribution in [0.15, 0.2) is 23.3 Å². The molecule has 0 spiro atoms. The van der Waals surface area contributed by atoms with E-state index in [0.29, 0.717) is 5.75 Å². The molecule has 0 radical (unpaired) electrons. The molecule has 2 aliphatic carbocycles. The minimum Gasteiger partial charge on any atom is -0.504 e. The van der Waals surface area contributed by atoms with Crippen LogP contribution in [0, 0.1) is 11.8 Å². The summed E-state index contributed by atoms with van der Waals surface area (Å²) in [5, 5.41) is 17.0. The quantitative estimate of drug-likeness (QED) is 0.798. The maximum absolute atomic E-state index is 13.3. The Morgan fingerprint density at radius 1 is 1.00 bits per heavy atom. The van der Waals surface area contributed by atoms with Crippen molar-refractivity contribution in [2.24, 2.45) is 16.9 Å². The number of carbonyl (C=O) groups is 1. The molecule has 4 rings (SSSR count). The molecule has 2 unspecified atom stereocenters. The third kappa shape index (κ3) is 3.56. The number of phenolic OH excluding ortho intramolecular Hbond substituents is 1. The van der Waals surface area contributed by atoms with Crippen LogP contribution in [-0.4, -0.2) is 34.9 Å². The van der Waals surface area contributed by atoms with Gasteiger partial charge in [-0.15, -0.1) is 0 Å². The molecule has 1 amide bonds. The first-order valence-corrected chi connectivity index (χ1v) is 10.5. The zero-order valence-electron chi connectivity index (χ0n) is 16.2. The van der Waals surface area contributed by atoms with Gasteiger partial charge < -0.3 is 9.84 Å². The van der Waals surface area contributed by atoms with Crippen LogP contribution in [-0.2, 0) is 4.79 Å². The predicted molar refractivity (Wildman–Crippen MR) is 105 cm³/mol. The van der Waals surface area contributed by atoms with Crippen molar-refractivity contribution in [3.63, 3.8) is 0 Å². The van der Waals surface area contributed by atoms with E-state index in [1.54, 1.807) is 19.2 Å². The van der Waals surface area contributed by atoms with E-state index >= 15 is 0 Å². The standard InChI is InChI=1S/C22H30N2O3/c1-27-20-13-12-15(14-19(20)25)21-17-10-6-7-11-18(17)22(26)24(23-21)16-8-4-2-3-5-9-16/h12-14,16-18,25H,2-11H2,1H3. The molecule has 1 heterocycles. The second kappa shape index (κ2) is 7.91. The average molecular weight is 370 g/mol. The van der Waals surface area contributed by atoms with Gasteiger partial charge in [0.2, 0.25) is 5.91 Å². The van der Waals surface area contributed by atoms with Crippen molar-refractivity contribution in [3.05, 3.63) is 23.8 Å². The third-order valence-corrected chi connectivity index (χ3v) is 6.52. The predicted octanol–water partition coefficient (Wildman–Crippen LogP) is 4.48. The summed E-state index contributed by atoms with van der Waals surface area (Å²) in [7, 11) is 1.55. The smallest absolute Gasteiger partial charge is 0.246 e. The highest BCUT2D eigenvalue weighted by Gasteiger charge is 2.43. The fourth-order valence-corrected chi connectivity index (χ4v) is 5.05. The van der Waals surface area contributed by atoms with E-state index in [-0.39, 0.29) is 29.5 Å². The molecular formula is C22H30N2O3. The van der Waals surface area contributed by atoms with E-state index in [1.807, 2.05) is 11.1 Å². The molecule has 2 saturated carbocycles. The SMILES string of the molecule is COc1ccc(C2=NN(C3CCCCCC3)C(=O)C3CCCCC23)cc1O. The van der Waals surface area contributed by atoms with Crippen molar-refractivity contribution in [1.82, 2.24) is 5.01 Å². The molecule has 27 heavy (non-hydrogen) atoms. The van der Waals surface area contributed by atoms with E-state index in [4.69, 9.17) is 9.84 Å². The number of hydrogen-bond acceptors (Lipinski definition) is 4. The van der Waals surface area contributed by atoms with Gasteiger partial charge in [0.05, 0.1) is 18.9 Å². The molecule has 1 aromatic carbocycles. The van der Waals surface area contributed by atoms with Gasteiger partial charge in [-0.25, -0.2) is 5.01 Å². The molecule has 3 aliphatic rings. The Kier molecular flexibility index (Phi) is 5.37. The highest BCUT2D eigenvalue weighted by Crippen LogP contribution is 2.40. The maximum Gasteiger partial charge on any atom is 0.246 e. The van der Waals surface area contributed by atoms with Crippen molar-refractivity contribution in [2.75, 3.05) is 7.11 Å². The summed E-state index contributed by atoms with van der Waals surface area (Å²) in [5.74, 6) is 1.03. The number of fused-ring (bicyclic) bond motifs is 1. The van der Waals surface area contributed by atoms with E-state index in [9.17, 15) is 9.90 Å². The molecule has 2 fully saturated rings. The molecule has 1 N–H and O–H groups in total. The van der Waals surface area contributed by atoms with Gasteiger partial charge in [0.1, 0.15) is 0 Å². The normalized spacial score (nSPS) is 26.9. The number of aromatic hydroxyl groups is 1. The molecule has 0 aromatic heterocycles. The lowest BCUT2D eigenvalue weighted by molar-refractivity contribution is -0.141. The second-order valence-corrected chi connectivity index (χ2v) is 8.20. The van der Waals surface area contributed by atoms with Crippen LogP contribution in [0.1, 0.15) is 69.8 Å². The molecule has 5 nitrogen and oxygen atoms in total. The number of hydrogen-bond donors (Lipinski definition) is 1. The van der Waals surface area contributed by atoms with Gasteiger partial charge in [0.15, 0.2) is 11.5 Å². The van der Waals surface area contributed by atoms with Crippen molar-refractivity contribution in [1.29, 1.82) is 0 Å². The zero-order chi connectivity index (χ0) is 18.8. The monoisotopic (exact) mass is 370 g/mol. The van der Waals surface area contributed by atoms with Crippen molar-refractivity contribution in [3.8, 4) is 11.5 Å². The summed E-state index contributed by atoms with van der Waals surface area (Å²) in [5.41, 5.74) is 1.89. The average Bonchev–Trinajstić information content (AvgIpc) is 2.98. The lowest BCUT2D eigenvalue weighted by atomic mass is 9.73. The summed E-state index contributed by atoms with van der Waals surface area (Å²) in [4.78, 5) is 13.3. The number of hydrazone groups is 1. The Bertz CT molecular complexity index is 722. The van der Waals surface area contributed by atoms with Gasteiger partial charge in [-0.3, -0.25) is 4.79 Å². The first-order chi connectivity index (χ1) is 13.2. The maximum atomic E-state index is 13.3. The summed E-state index contributed by atoms with van der Waals surface area (Å²) in [6.45, 7) is 0. The number of amides is 1. The fraction of sp³-hybridized carbons (Fsp3) is 0.636. The number of phenols is 1. The van der Waals surface area contributed by atoms with Crippen molar-refractivity contribution in [2.45, 2.75) is 70.3 Å². The van der Waals surface area contributed by atoms with Gasteiger partial charge in [-0.1, -0.05) is 38.5 Å². The van der Waals surface area contributed by atoms with Gasteiger partial charge >= 0.3 is 0 Å². The van der Waals surface area contributed by atoms with Crippen LogP contribution in [0.2, 0.25) is 0 Å². The summed E-state index contributed by atoms with van der Waals surface area (Å²) in [6.07, 6.45) is 11.2. The highest BCUT2D eigenvalue weighted by atomic mass is 16.5. The van der Waals surface area contributed by atoms with E-state index in [0.717, 1.165) is 49.8 Å². The Labute approximate surface area is 161 Å². The van der Waals surface area contributed by atoms with Gasteiger partial charge in [-0.05, 0) is 43.9 Å². The minimum absolute atomic E-state index is 0.0405. The van der Waals surface area contributed by atoms with Gasteiger partial charge in [0.25, 0.3) is 0 Å². The van der Waals surface area contributed by atoms with Crippen LogP contribution in [0.3, 0.4) is 0 Å². The molecular weight excluding hydrogens is 340 g/mol. The Hall–Kier alpha value is -2.04. The number of nitrogens with zero attached hydrogens (tertiary/aromatic N) is 2. The van der Waals surface area contributed by atoms with Crippen molar-refractivity contribution >= 4 is 11.6 Å². The van der Waals surface area contributed by atoms with E-state index < -0.39 is 0 Å². The first-order valence-electron chi connectivity index (χ1n) is 10.5. The number of rotatable bonds is 3. The largest absolute Gasteiger partial charge is 0.504 e. The molecule has 1 aromatic rings. The summed E-state index contributed by atoms with van der Waals surface area (Å²) >= 11 is 0.